The highest BCUT2D eigenvalue weighted by atomic mass is 16.5. The highest BCUT2D eigenvalue weighted by Crippen LogP contribution is 2.29. The van der Waals surface area contributed by atoms with Crippen LogP contribution in [0.25, 0.3) is 16.5 Å². The number of fused-ring (bicyclic) bond motifs is 1. The third-order valence-electron chi connectivity index (χ3n) is 7.13. The van der Waals surface area contributed by atoms with Crippen LogP contribution in [0.5, 0.6) is 5.75 Å². The van der Waals surface area contributed by atoms with Crippen LogP contribution in [0.2, 0.25) is 0 Å². The Bertz CT molecular complexity index is 1640. The van der Waals surface area contributed by atoms with Crippen molar-refractivity contribution in [2.75, 3.05) is 23.0 Å². The minimum atomic E-state index is -0.329. The molecule has 2 aromatic heterocycles. The fourth-order valence-electron chi connectivity index (χ4n) is 4.95. The Morgan fingerprint density at radius 2 is 1.78 bits per heavy atom. The van der Waals surface area contributed by atoms with Crippen molar-refractivity contribution in [1.29, 1.82) is 0 Å². The lowest BCUT2D eigenvalue weighted by atomic mass is 10.0. The van der Waals surface area contributed by atoms with Gasteiger partial charge < -0.3 is 15.8 Å². The van der Waals surface area contributed by atoms with Gasteiger partial charge in [-0.25, -0.2) is 14.5 Å². The first-order valence-corrected chi connectivity index (χ1v) is 14.0. The standard InChI is InChI=1S/C33H36N6O2/c1-4-7-23(3)30-21-32(39(38-30)25-13-10-22(2)11-14-25)37-33(40)36-29-15-12-24(27-8-5-6-9-28(27)29)17-19-41-26-16-18-35-31(34)20-26/h5-6,8-16,18,20-21,23H,4,7,17,19H2,1-3H3,(H2,34,35)(H2,36,37,40). The van der Waals surface area contributed by atoms with Crippen LogP contribution in [0.3, 0.4) is 0 Å². The van der Waals surface area contributed by atoms with Crippen LogP contribution >= 0.6 is 0 Å². The Morgan fingerprint density at radius 3 is 2.54 bits per heavy atom. The molecule has 8 nitrogen and oxygen atoms in total. The number of carbonyl (C=O) groups excluding carboxylic acids is 1. The molecule has 0 aliphatic heterocycles. The van der Waals surface area contributed by atoms with Gasteiger partial charge in [-0.15, -0.1) is 0 Å². The number of hydrogen-bond acceptors (Lipinski definition) is 5. The number of amides is 2. The van der Waals surface area contributed by atoms with Gasteiger partial charge in [0.05, 0.1) is 23.7 Å². The number of aryl methyl sites for hydroxylation is 1. The van der Waals surface area contributed by atoms with E-state index >= 15 is 0 Å². The maximum Gasteiger partial charge on any atom is 0.324 e. The molecule has 4 N–H and O–H groups in total. The lowest BCUT2D eigenvalue weighted by molar-refractivity contribution is 0.262. The van der Waals surface area contributed by atoms with Gasteiger partial charge in [-0.2, -0.15) is 5.10 Å². The minimum absolute atomic E-state index is 0.284. The number of aromatic nitrogens is 3. The summed E-state index contributed by atoms with van der Waals surface area (Å²) in [5.41, 5.74) is 10.6. The van der Waals surface area contributed by atoms with Crippen LogP contribution in [0.15, 0.2) is 85.1 Å². The average Bonchev–Trinajstić information content (AvgIpc) is 3.38. The number of benzene rings is 3. The molecule has 0 bridgehead atoms. The summed E-state index contributed by atoms with van der Waals surface area (Å²) >= 11 is 0. The molecule has 2 amide bonds. The number of hydrogen-bond donors (Lipinski definition) is 3. The quantitative estimate of drug-likeness (QED) is 0.168. The summed E-state index contributed by atoms with van der Waals surface area (Å²) in [4.78, 5) is 17.3. The summed E-state index contributed by atoms with van der Waals surface area (Å²) in [5, 5.41) is 13.0. The zero-order valence-corrected chi connectivity index (χ0v) is 23.7. The molecule has 0 aliphatic rings. The largest absolute Gasteiger partial charge is 0.493 e. The predicted molar refractivity (Wildman–Crippen MR) is 166 cm³/mol. The number of ether oxygens (including phenoxy) is 1. The number of anilines is 3. The number of urea groups is 1. The van der Waals surface area contributed by atoms with Gasteiger partial charge >= 0.3 is 6.03 Å². The van der Waals surface area contributed by atoms with Crippen molar-refractivity contribution in [2.45, 2.75) is 46.0 Å². The van der Waals surface area contributed by atoms with Crippen molar-refractivity contribution >= 4 is 34.1 Å². The van der Waals surface area contributed by atoms with Crippen LogP contribution in [-0.4, -0.2) is 27.4 Å². The maximum atomic E-state index is 13.3. The zero-order chi connectivity index (χ0) is 28.8. The zero-order valence-electron chi connectivity index (χ0n) is 23.7. The monoisotopic (exact) mass is 548 g/mol. The summed E-state index contributed by atoms with van der Waals surface area (Å²) in [6.07, 6.45) is 4.42. The van der Waals surface area contributed by atoms with E-state index in [1.54, 1.807) is 23.0 Å². The Morgan fingerprint density at radius 1 is 1.00 bits per heavy atom. The Kier molecular flexibility index (Phi) is 8.48. The molecule has 0 aliphatic carbocycles. The lowest BCUT2D eigenvalue weighted by Crippen LogP contribution is -2.21. The minimum Gasteiger partial charge on any atom is -0.493 e. The van der Waals surface area contributed by atoms with E-state index in [1.165, 1.54) is 0 Å². The molecule has 0 radical (unpaired) electrons. The van der Waals surface area contributed by atoms with Gasteiger partial charge in [-0.1, -0.05) is 68.3 Å². The molecule has 2 heterocycles. The number of nitrogens with two attached hydrogens (primary N) is 1. The van der Waals surface area contributed by atoms with Crippen molar-refractivity contribution in [3.63, 3.8) is 0 Å². The normalized spacial score (nSPS) is 11.8. The molecule has 8 heteroatoms. The van der Waals surface area contributed by atoms with Gasteiger partial charge in [-0.05, 0) is 48.6 Å². The first kappa shape index (κ1) is 27.7. The predicted octanol–water partition coefficient (Wildman–Crippen LogP) is 7.48. The molecule has 0 saturated carbocycles. The molecular formula is C33H36N6O2. The second-order valence-electron chi connectivity index (χ2n) is 10.3. The molecule has 1 atom stereocenters. The molecule has 41 heavy (non-hydrogen) atoms. The van der Waals surface area contributed by atoms with Crippen LogP contribution in [0, 0.1) is 6.92 Å². The molecule has 0 saturated heterocycles. The van der Waals surface area contributed by atoms with E-state index in [0.717, 1.165) is 51.8 Å². The van der Waals surface area contributed by atoms with Gasteiger partial charge in [0.25, 0.3) is 0 Å². The first-order chi connectivity index (χ1) is 19.9. The fourth-order valence-corrected chi connectivity index (χ4v) is 4.95. The van der Waals surface area contributed by atoms with Gasteiger partial charge in [0.15, 0.2) is 0 Å². The summed E-state index contributed by atoms with van der Waals surface area (Å²) in [6, 6.07) is 25.3. The topological polar surface area (TPSA) is 107 Å². The maximum absolute atomic E-state index is 13.3. The van der Waals surface area contributed by atoms with Crippen molar-refractivity contribution in [1.82, 2.24) is 14.8 Å². The summed E-state index contributed by atoms with van der Waals surface area (Å²) < 4.78 is 7.68. The molecule has 0 fully saturated rings. The van der Waals surface area contributed by atoms with Crippen LogP contribution in [0.4, 0.5) is 22.1 Å². The second kappa shape index (κ2) is 12.6. The van der Waals surface area contributed by atoms with E-state index in [1.807, 2.05) is 67.6 Å². The smallest absolute Gasteiger partial charge is 0.324 e. The lowest BCUT2D eigenvalue weighted by Gasteiger charge is -2.14. The molecule has 5 aromatic rings. The summed E-state index contributed by atoms with van der Waals surface area (Å²) in [7, 11) is 0. The van der Waals surface area contributed by atoms with E-state index < -0.39 is 0 Å². The number of carbonyl (C=O) groups is 1. The number of pyridine rings is 1. The van der Waals surface area contributed by atoms with E-state index in [-0.39, 0.29) is 11.9 Å². The highest BCUT2D eigenvalue weighted by Gasteiger charge is 2.17. The van der Waals surface area contributed by atoms with E-state index in [2.05, 4.69) is 35.5 Å². The molecule has 210 valence electrons. The summed E-state index contributed by atoms with van der Waals surface area (Å²) in [5.74, 6) is 2.02. The second-order valence-corrected chi connectivity index (χ2v) is 10.3. The van der Waals surface area contributed by atoms with Gasteiger partial charge in [0.1, 0.15) is 17.4 Å². The van der Waals surface area contributed by atoms with Gasteiger partial charge in [-0.3, -0.25) is 5.32 Å². The molecule has 0 spiro atoms. The van der Waals surface area contributed by atoms with Crippen molar-refractivity contribution in [2.24, 2.45) is 0 Å². The summed E-state index contributed by atoms with van der Waals surface area (Å²) in [6.45, 7) is 6.87. The van der Waals surface area contributed by atoms with Crippen molar-refractivity contribution < 1.29 is 9.53 Å². The van der Waals surface area contributed by atoms with Crippen LogP contribution < -0.4 is 21.1 Å². The molecule has 1 unspecified atom stereocenters. The van der Waals surface area contributed by atoms with E-state index in [0.29, 0.717) is 30.4 Å². The highest BCUT2D eigenvalue weighted by molar-refractivity contribution is 6.06. The third kappa shape index (κ3) is 6.66. The molecule has 5 rings (SSSR count). The molecule has 3 aromatic carbocycles. The average molecular weight is 549 g/mol. The Hall–Kier alpha value is -4.85. The van der Waals surface area contributed by atoms with Crippen molar-refractivity contribution in [3.8, 4) is 11.4 Å². The first-order valence-electron chi connectivity index (χ1n) is 14.0. The third-order valence-corrected chi connectivity index (χ3v) is 7.13. The van der Waals surface area contributed by atoms with E-state index in [9.17, 15) is 4.79 Å². The Labute approximate surface area is 240 Å². The number of rotatable bonds is 10. The van der Waals surface area contributed by atoms with Gasteiger partial charge in [0.2, 0.25) is 0 Å². The Balaban J connectivity index is 1.34. The van der Waals surface area contributed by atoms with Crippen LogP contribution in [-0.2, 0) is 6.42 Å². The van der Waals surface area contributed by atoms with Gasteiger partial charge in [0, 0.05) is 36.1 Å². The fraction of sp³-hybridized carbons (Fsp3) is 0.242. The number of nitrogens with one attached hydrogen (secondary N) is 2. The molecular weight excluding hydrogens is 512 g/mol. The SMILES string of the molecule is CCCC(C)c1cc(NC(=O)Nc2ccc(CCOc3ccnc(N)c3)c3ccccc23)n(-c2ccc(C)cc2)n1. The number of nitrogens with zero attached hydrogens (tertiary/aromatic N) is 3. The van der Waals surface area contributed by atoms with Crippen molar-refractivity contribution in [3.05, 3.63) is 102 Å². The van der Waals surface area contributed by atoms with E-state index in [4.69, 9.17) is 15.6 Å². The van der Waals surface area contributed by atoms with Crippen LogP contribution in [0.1, 0.15) is 49.4 Å². The number of nitrogen functional groups attached to an aromatic ring is 1.